The number of amides is 4. The largest absolute Gasteiger partial charge is 0.444 e. The quantitative estimate of drug-likeness (QED) is 0.589. The highest BCUT2D eigenvalue weighted by Gasteiger charge is 2.47. The number of rotatable bonds is 2. The summed E-state index contributed by atoms with van der Waals surface area (Å²) >= 11 is 0. The molecule has 3 atom stereocenters. The second-order valence-corrected chi connectivity index (χ2v) is 10.7. The number of fused-ring (bicyclic) bond motifs is 2. The van der Waals surface area contributed by atoms with Crippen LogP contribution in [-0.2, 0) is 9.47 Å². The molecule has 2 fully saturated rings. The van der Waals surface area contributed by atoms with Crippen LogP contribution >= 0.6 is 0 Å². The van der Waals surface area contributed by atoms with Gasteiger partial charge in [-0.15, -0.1) is 10.2 Å². The van der Waals surface area contributed by atoms with E-state index in [2.05, 4.69) is 20.5 Å². The predicted molar refractivity (Wildman–Crippen MR) is 118 cm³/mol. The molecule has 1 aromatic rings. The third-order valence-electron chi connectivity index (χ3n) is 5.49. The molecule has 1 unspecified atom stereocenters. The molecule has 14 heteroatoms. The van der Waals surface area contributed by atoms with Crippen LogP contribution in [0.25, 0.3) is 0 Å². The molecule has 1 aromatic heterocycles. The Morgan fingerprint density at radius 2 is 1.69 bits per heavy atom. The van der Waals surface area contributed by atoms with Crippen LogP contribution in [0.3, 0.4) is 0 Å². The number of ether oxygens (including phenoxy) is 2. The Morgan fingerprint density at radius 3 is 2.34 bits per heavy atom. The first-order valence-electron chi connectivity index (χ1n) is 11.4. The topological polar surface area (TPSA) is 163 Å². The number of hydrogen-bond acceptors (Lipinski definition) is 10. The van der Waals surface area contributed by atoms with Gasteiger partial charge in [-0.2, -0.15) is 0 Å². The van der Waals surface area contributed by atoms with Gasteiger partial charge in [0.1, 0.15) is 23.3 Å². The highest BCUT2D eigenvalue weighted by molar-refractivity contribution is 6.02. The molecule has 0 spiro atoms. The molecule has 3 aliphatic heterocycles. The fourth-order valence-electron chi connectivity index (χ4n) is 4.05. The maximum Gasteiger partial charge on any atom is 0.417 e. The van der Waals surface area contributed by atoms with Crippen LogP contribution in [0, 0.1) is 0 Å². The summed E-state index contributed by atoms with van der Waals surface area (Å²) in [5.41, 5.74) is -1.53. The lowest BCUT2D eigenvalue weighted by Gasteiger charge is -2.27. The number of guanidine groups is 1. The summed E-state index contributed by atoms with van der Waals surface area (Å²) in [7, 11) is 0. The minimum absolute atomic E-state index is 0.0124. The minimum atomic E-state index is -0.783. The highest BCUT2D eigenvalue weighted by atomic mass is 16.6. The lowest BCUT2D eigenvalue weighted by atomic mass is 10.0. The number of alkyl carbamates (subject to hydrolysis) is 1. The number of aliphatic imine (C=N–C) groups is 1. The number of nitrogens with one attached hydrogen (secondary N) is 1. The van der Waals surface area contributed by atoms with Gasteiger partial charge in [0.2, 0.25) is 17.7 Å². The molecule has 35 heavy (non-hydrogen) atoms. The molecular formula is C21H31N7O7. The number of carbonyl (C=O) groups excluding carboxylic acids is 3. The molecule has 4 amide bonds. The van der Waals surface area contributed by atoms with Gasteiger partial charge < -0.3 is 18.8 Å². The Morgan fingerprint density at radius 1 is 1.03 bits per heavy atom. The minimum Gasteiger partial charge on any atom is -0.444 e. The first-order chi connectivity index (χ1) is 16.2. The van der Waals surface area contributed by atoms with Crippen LogP contribution in [0.4, 0.5) is 14.4 Å². The van der Waals surface area contributed by atoms with Gasteiger partial charge in [0.05, 0.1) is 12.6 Å². The van der Waals surface area contributed by atoms with Crippen LogP contribution < -0.4 is 5.32 Å². The summed E-state index contributed by atoms with van der Waals surface area (Å²) in [4.78, 5) is 44.5. The number of hydroxylamine groups is 2. The van der Waals surface area contributed by atoms with Crippen molar-refractivity contribution in [2.24, 2.45) is 4.99 Å². The monoisotopic (exact) mass is 493 g/mol. The lowest BCUT2D eigenvalue weighted by molar-refractivity contribution is -0.0584. The number of aromatic nitrogens is 2. The van der Waals surface area contributed by atoms with Gasteiger partial charge in [0.15, 0.2) is 0 Å². The summed E-state index contributed by atoms with van der Waals surface area (Å²) < 4.78 is 16.6. The van der Waals surface area contributed by atoms with Crippen molar-refractivity contribution in [2.75, 3.05) is 13.1 Å². The zero-order valence-corrected chi connectivity index (χ0v) is 20.6. The number of carbonyl (C=O) groups is 3. The van der Waals surface area contributed by atoms with E-state index in [1.54, 1.807) is 41.5 Å². The first kappa shape index (κ1) is 24.7. The number of urea groups is 1. The summed E-state index contributed by atoms with van der Waals surface area (Å²) in [6, 6.07) is -1.99. The van der Waals surface area contributed by atoms with Gasteiger partial charge >= 0.3 is 18.2 Å². The first-order valence-corrected chi connectivity index (χ1v) is 11.4. The van der Waals surface area contributed by atoms with Crippen LogP contribution in [0.15, 0.2) is 9.41 Å². The maximum absolute atomic E-state index is 12.8. The van der Waals surface area contributed by atoms with E-state index in [4.69, 9.17) is 13.9 Å². The van der Waals surface area contributed by atoms with Crippen LogP contribution in [0.2, 0.25) is 0 Å². The average Bonchev–Trinajstić information content (AvgIpc) is 3.41. The van der Waals surface area contributed by atoms with E-state index in [9.17, 15) is 19.6 Å². The van der Waals surface area contributed by atoms with E-state index >= 15 is 0 Å². The molecule has 4 rings (SSSR count). The predicted octanol–water partition coefficient (Wildman–Crippen LogP) is 2.57. The Hall–Kier alpha value is -3.42. The van der Waals surface area contributed by atoms with Crippen molar-refractivity contribution >= 4 is 24.2 Å². The molecule has 0 radical (unpaired) electrons. The lowest BCUT2D eigenvalue weighted by Crippen LogP contribution is -2.47. The van der Waals surface area contributed by atoms with Crippen molar-refractivity contribution in [3.05, 3.63) is 11.8 Å². The summed E-state index contributed by atoms with van der Waals surface area (Å²) in [5, 5.41) is 21.3. The van der Waals surface area contributed by atoms with E-state index in [-0.39, 0.29) is 30.3 Å². The molecule has 2 N–H and O–H groups in total. The third kappa shape index (κ3) is 5.31. The van der Waals surface area contributed by atoms with Crippen molar-refractivity contribution in [3.8, 4) is 0 Å². The van der Waals surface area contributed by atoms with E-state index in [1.807, 2.05) is 0 Å². The van der Waals surface area contributed by atoms with Gasteiger partial charge in [0.25, 0.3) is 0 Å². The standard InChI is InChI=1S/C21H31N7O7/c1-20(2,3)34-17(29)23-16-22-12(10-27(16)19(31)35-21(4,5)6)14-24-25-15(33-14)13-8-7-11-9-26(13)18(30)28(11)32/h11-13,32H,7-10H2,1-6H3,(H,22,23,29)/t11-,12?,13-/m0/s1. The van der Waals surface area contributed by atoms with E-state index in [1.165, 1.54) is 9.80 Å². The van der Waals surface area contributed by atoms with Crippen molar-refractivity contribution in [2.45, 2.75) is 83.7 Å². The van der Waals surface area contributed by atoms with Crippen molar-refractivity contribution < 1.29 is 33.5 Å². The number of piperidine rings is 1. The normalized spacial score (nSPS) is 24.5. The van der Waals surface area contributed by atoms with Crippen molar-refractivity contribution in [1.29, 1.82) is 0 Å². The fraction of sp³-hybridized carbons (Fsp3) is 0.714. The summed E-state index contributed by atoms with van der Waals surface area (Å²) in [5.74, 6) is 0.267. The maximum atomic E-state index is 12.8. The van der Waals surface area contributed by atoms with Crippen molar-refractivity contribution in [1.82, 2.24) is 30.4 Å². The van der Waals surface area contributed by atoms with E-state index in [0.717, 1.165) is 5.06 Å². The van der Waals surface area contributed by atoms with Crippen LogP contribution in [0.5, 0.6) is 0 Å². The zero-order valence-electron chi connectivity index (χ0n) is 20.6. The molecule has 14 nitrogen and oxygen atoms in total. The molecule has 192 valence electrons. The van der Waals surface area contributed by atoms with Gasteiger partial charge in [-0.25, -0.2) is 29.3 Å². The van der Waals surface area contributed by atoms with Crippen LogP contribution in [0.1, 0.15) is 78.2 Å². The average molecular weight is 494 g/mol. The second kappa shape index (κ2) is 8.66. The molecule has 2 bridgehead atoms. The van der Waals surface area contributed by atoms with E-state index in [0.29, 0.717) is 19.4 Å². The van der Waals surface area contributed by atoms with Crippen molar-refractivity contribution in [3.63, 3.8) is 0 Å². The van der Waals surface area contributed by atoms with Gasteiger partial charge in [-0.05, 0) is 54.4 Å². The molecule has 3 aliphatic rings. The molecule has 0 saturated carbocycles. The Kier molecular flexibility index (Phi) is 6.11. The Labute approximate surface area is 202 Å². The Balaban J connectivity index is 1.53. The summed E-state index contributed by atoms with van der Waals surface area (Å²) in [6.45, 7) is 10.7. The van der Waals surface area contributed by atoms with Crippen LogP contribution in [-0.4, -0.2) is 84.8 Å². The molecule has 0 aliphatic carbocycles. The van der Waals surface area contributed by atoms with E-state index < -0.39 is 41.5 Å². The summed E-state index contributed by atoms with van der Waals surface area (Å²) in [6.07, 6.45) is -0.342. The fourth-order valence-corrected chi connectivity index (χ4v) is 4.05. The molecule has 0 aromatic carbocycles. The zero-order chi connectivity index (χ0) is 25.7. The van der Waals surface area contributed by atoms with Gasteiger partial charge in [0, 0.05) is 6.54 Å². The smallest absolute Gasteiger partial charge is 0.417 e. The van der Waals surface area contributed by atoms with Gasteiger partial charge in [-0.3, -0.25) is 10.5 Å². The SMILES string of the molecule is CC(C)(C)OC(=O)NC1=NC(c2nnc([C@@H]3CC[C@H]4CN3C(=O)N4O)o2)CN1C(=O)OC(C)(C)C. The highest BCUT2D eigenvalue weighted by Crippen LogP contribution is 2.37. The third-order valence-corrected chi connectivity index (χ3v) is 5.49. The van der Waals surface area contributed by atoms with Gasteiger partial charge in [-0.1, -0.05) is 0 Å². The Bertz CT molecular complexity index is 1040. The second-order valence-electron chi connectivity index (χ2n) is 10.7. The number of nitrogens with zero attached hydrogens (tertiary/aromatic N) is 6. The molecule has 4 heterocycles. The molecule has 2 saturated heterocycles. The number of hydrogen-bond donors (Lipinski definition) is 2. The molecular weight excluding hydrogens is 462 g/mol.